The number of rotatable bonds is 4. The number of aliphatic hydroxyl groups is 2. The molecule has 17 nitrogen and oxygen atoms in total. The lowest BCUT2D eigenvalue weighted by molar-refractivity contribution is -0.122. The van der Waals surface area contributed by atoms with Crippen molar-refractivity contribution in [1.82, 2.24) is 8.61 Å². The first-order chi connectivity index (χ1) is 17.1. The number of ether oxygens (including phenoxy) is 2. The highest BCUT2D eigenvalue weighted by Crippen LogP contribution is 2.14. The molecule has 224 valence electrons. The number of sulfonamides is 3. The zero-order valence-electron chi connectivity index (χ0n) is 20.4. The van der Waals surface area contributed by atoms with Gasteiger partial charge in [-0.15, -0.1) is 0 Å². The van der Waals surface area contributed by atoms with E-state index in [-0.39, 0.29) is 57.1 Å². The van der Waals surface area contributed by atoms with Crippen molar-refractivity contribution >= 4 is 46.4 Å². The van der Waals surface area contributed by atoms with Gasteiger partial charge in [0.1, 0.15) is 23.3 Å². The van der Waals surface area contributed by atoms with Crippen molar-refractivity contribution < 1.29 is 63.3 Å². The highest BCUT2D eigenvalue weighted by atomic mass is 32.2. The fourth-order valence-corrected chi connectivity index (χ4v) is 6.66. The molecule has 0 atom stereocenters. The molecular weight excluding hydrogens is 586 g/mol. The number of primary sulfonamides is 1. The fourth-order valence-electron chi connectivity index (χ4n) is 2.56. The summed E-state index contributed by atoms with van der Waals surface area (Å²) in [7, 11) is -11.9. The first-order valence-corrected chi connectivity index (χ1v) is 17.3. The summed E-state index contributed by atoms with van der Waals surface area (Å²) in [6.45, 7) is -0.851. The quantitative estimate of drug-likeness (QED) is 0.220. The number of hydrogen-bond donors (Lipinski definition) is 4. The third-order valence-electron chi connectivity index (χ3n) is 4.33. The molecule has 0 radical (unpaired) electrons. The van der Waals surface area contributed by atoms with Gasteiger partial charge in [0.05, 0.1) is 55.3 Å². The van der Waals surface area contributed by atoms with Gasteiger partial charge in [-0.1, -0.05) is 6.42 Å². The van der Waals surface area contributed by atoms with E-state index >= 15 is 0 Å². The number of carboxylic acid groups (broad SMARTS) is 1. The normalized spacial score (nSPS) is 22.5. The Morgan fingerprint density at radius 3 is 1.43 bits per heavy atom. The Balaban J connectivity index is 0. The molecule has 3 aliphatic heterocycles. The van der Waals surface area contributed by atoms with Crippen LogP contribution in [0.5, 0.6) is 0 Å². The summed E-state index contributed by atoms with van der Waals surface area (Å²) in [5.74, 6) is 0.247. The number of carbonyl (C=O) groups is 1. The highest BCUT2D eigenvalue weighted by molar-refractivity contribution is 7.91. The van der Waals surface area contributed by atoms with Crippen LogP contribution in [0.3, 0.4) is 0 Å². The topological polar surface area (TPSA) is 265 Å². The lowest BCUT2D eigenvalue weighted by atomic mass is 10.3. The van der Waals surface area contributed by atoms with E-state index in [9.17, 15) is 33.7 Å². The second-order valence-corrected chi connectivity index (χ2v) is 15.4. The maximum absolute atomic E-state index is 11.7. The van der Waals surface area contributed by atoms with Gasteiger partial charge < -0.3 is 24.8 Å². The summed E-state index contributed by atoms with van der Waals surface area (Å²) >= 11 is 0. The lowest BCUT2D eigenvalue weighted by Crippen LogP contribution is -2.51. The SMILES string of the molecule is CO.NS(=O)(=O)CCO.O=CO.O=S1(=O)CCCCC1.O=S1(=O)CCOCN1CN1COCCS1(=O)=O. The van der Waals surface area contributed by atoms with Crippen LogP contribution in [-0.2, 0) is 54.2 Å². The summed E-state index contributed by atoms with van der Waals surface area (Å²) < 4.78 is 99.6. The van der Waals surface area contributed by atoms with E-state index < -0.39 is 46.5 Å². The predicted molar refractivity (Wildman–Crippen MR) is 132 cm³/mol. The van der Waals surface area contributed by atoms with Crippen molar-refractivity contribution in [2.75, 3.05) is 75.8 Å². The van der Waals surface area contributed by atoms with Gasteiger partial charge in [-0.25, -0.2) is 38.8 Å². The van der Waals surface area contributed by atoms with Gasteiger partial charge in [0.25, 0.3) is 6.47 Å². The van der Waals surface area contributed by atoms with E-state index in [1.807, 2.05) is 0 Å². The minimum atomic E-state index is -3.43. The number of hydrogen-bond acceptors (Lipinski definition) is 13. The van der Waals surface area contributed by atoms with Gasteiger partial charge in [-0.05, 0) is 12.8 Å². The fraction of sp³-hybridized carbons (Fsp3) is 0.938. The molecule has 0 unspecified atom stereocenters. The Kier molecular flexibility index (Phi) is 19.7. The monoisotopic (exact) mass is 623 g/mol. The van der Waals surface area contributed by atoms with Crippen LogP contribution in [0.15, 0.2) is 0 Å². The molecule has 3 saturated heterocycles. The zero-order valence-corrected chi connectivity index (χ0v) is 23.7. The second kappa shape index (κ2) is 19.1. The van der Waals surface area contributed by atoms with Crippen LogP contribution in [0.2, 0.25) is 0 Å². The van der Waals surface area contributed by atoms with Crippen molar-refractivity contribution in [2.24, 2.45) is 5.14 Å². The Labute approximate surface area is 218 Å². The average molecular weight is 624 g/mol. The van der Waals surface area contributed by atoms with Gasteiger partial charge in [0.2, 0.25) is 30.1 Å². The molecular formula is C16H37N3O14S4. The van der Waals surface area contributed by atoms with Gasteiger partial charge in [0.15, 0.2) is 0 Å². The van der Waals surface area contributed by atoms with E-state index in [2.05, 4.69) is 5.14 Å². The van der Waals surface area contributed by atoms with Gasteiger partial charge in [0, 0.05) is 7.11 Å². The van der Waals surface area contributed by atoms with E-state index in [0.29, 0.717) is 11.5 Å². The smallest absolute Gasteiger partial charge is 0.290 e. The molecule has 0 bridgehead atoms. The number of aliphatic hydroxyl groups excluding tert-OH is 2. The molecule has 3 heterocycles. The first-order valence-electron chi connectivity index (χ1n) is 10.6. The van der Waals surface area contributed by atoms with Crippen molar-refractivity contribution in [1.29, 1.82) is 0 Å². The first kappa shape index (κ1) is 38.1. The molecule has 3 rings (SSSR count). The average Bonchev–Trinajstić information content (AvgIpc) is 2.78. The summed E-state index contributed by atoms with van der Waals surface area (Å²) in [6, 6.07) is 0. The van der Waals surface area contributed by atoms with Crippen LogP contribution in [0.1, 0.15) is 19.3 Å². The second-order valence-electron chi connectivity index (χ2n) is 7.16. The molecule has 0 saturated carbocycles. The largest absolute Gasteiger partial charge is 0.483 e. The molecule has 0 aliphatic carbocycles. The zero-order chi connectivity index (χ0) is 29.2. The molecule has 3 aliphatic rings. The van der Waals surface area contributed by atoms with Crippen molar-refractivity contribution in [2.45, 2.75) is 19.3 Å². The van der Waals surface area contributed by atoms with Crippen molar-refractivity contribution in [3.63, 3.8) is 0 Å². The van der Waals surface area contributed by atoms with Crippen molar-refractivity contribution in [3.8, 4) is 0 Å². The van der Waals surface area contributed by atoms with Gasteiger partial charge >= 0.3 is 0 Å². The number of sulfone groups is 1. The Hall–Kier alpha value is -1.01. The van der Waals surface area contributed by atoms with E-state index in [0.717, 1.165) is 35.0 Å². The molecule has 0 aromatic heterocycles. The number of nitrogens with zero attached hydrogens (tertiary/aromatic N) is 2. The van der Waals surface area contributed by atoms with Gasteiger partial charge in [-0.2, -0.15) is 8.61 Å². The molecule has 0 spiro atoms. The third kappa shape index (κ3) is 18.8. The lowest BCUT2D eigenvalue weighted by Gasteiger charge is -2.33. The molecule has 0 amide bonds. The molecule has 37 heavy (non-hydrogen) atoms. The summed E-state index contributed by atoms with van der Waals surface area (Å²) in [5, 5.41) is 26.3. The Morgan fingerprint density at radius 1 is 0.838 bits per heavy atom. The minimum absolute atomic E-state index is 0.117. The van der Waals surface area contributed by atoms with Crippen LogP contribution in [0, 0.1) is 0 Å². The van der Waals surface area contributed by atoms with Gasteiger partial charge in [-0.3, -0.25) is 4.79 Å². The van der Waals surface area contributed by atoms with Crippen LogP contribution < -0.4 is 5.14 Å². The molecule has 21 heteroatoms. The molecule has 3 fully saturated rings. The Bertz CT molecular complexity index is 990. The number of nitrogens with two attached hydrogens (primary N) is 1. The maximum Gasteiger partial charge on any atom is 0.290 e. The van der Waals surface area contributed by atoms with Crippen molar-refractivity contribution in [3.05, 3.63) is 0 Å². The molecule has 0 aromatic carbocycles. The van der Waals surface area contributed by atoms with Crippen LogP contribution in [0.25, 0.3) is 0 Å². The van der Waals surface area contributed by atoms with Crippen LogP contribution in [-0.4, -0.2) is 140 Å². The highest BCUT2D eigenvalue weighted by Gasteiger charge is 2.34. The van der Waals surface area contributed by atoms with E-state index in [1.165, 1.54) is 0 Å². The summed E-state index contributed by atoms with van der Waals surface area (Å²) in [6.07, 6.45) is 2.85. The third-order valence-corrected chi connectivity index (χ3v) is 10.3. The van der Waals surface area contributed by atoms with E-state index in [1.54, 1.807) is 0 Å². The summed E-state index contributed by atoms with van der Waals surface area (Å²) in [5.41, 5.74) is 0. The Morgan fingerprint density at radius 2 is 1.22 bits per heavy atom. The van der Waals surface area contributed by atoms with Crippen LogP contribution in [0.4, 0.5) is 0 Å². The van der Waals surface area contributed by atoms with E-state index in [4.69, 9.17) is 29.6 Å². The van der Waals surface area contributed by atoms with Crippen LogP contribution >= 0.6 is 0 Å². The minimum Gasteiger partial charge on any atom is -0.483 e. The molecule has 5 N–H and O–H groups in total. The molecule has 0 aromatic rings. The maximum atomic E-state index is 11.7. The predicted octanol–water partition coefficient (Wildman–Crippen LogP) is -3.66. The summed E-state index contributed by atoms with van der Waals surface area (Å²) in [4.78, 5) is 8.36. The standard InChI is InChI=1S/C7H14N2O6S2.C5H10O2S.C2H7NO3S.CH2O2.CH4O/c10-16(11)3-1-14-6-8(16)5-9-7-15-2-4-17(9,12)13;6-8(7)4-2-1-3-5-8;3-7(5,6)2-1-4;2-1-3;1-2/h1-7H2;1-5H2;4H,1-2H2,(H2,3,5,6);1H,(H,2,3);2H,1H3.